The van der Waals surface area contributed by atoms with Gasteiger partial charge >= 0.3 is 0 Å². The monoisotopic (exact) mass is 614 g/mol. The molecule has 2 aromatic heterocycles. The van der Waals surface area contributed by atoms with Crippen molar-refractivity contribution in [2.24, 2.45) is 0 Å². The molecule has 0 saturated carbocycles. The normalized spacial score (nSPS) is 13.4. The second kappa shape index (κ2) is 9.97. The molecule has 0 bridgehead atoms. The third-order valence-corrected chi connectivity index (χ3v) is 10.3. The van der Waals surface area contributed by atoms with E-state index in [2.05, 4.69) is 141 Å². The van der Waals surface area contributed by atoms with Crippen molar-refractivity contribution in [2.75, 3.05) is 0 Å². The Morgan fingerprint density at radius 2 is 1.17 bits per heavy atom. The topological polar surface area (TPSA) is 38.9 Å². The summed E-state index contributed by atoms with van der Waals surface area (Å²) in [7, 11) is 0. The maximum atomic E-state index is 6.29. The van der Waals surface area contributed by atoms with E-state index in [9.17, 15) is 0 Å². The number of benzene rings is 7. The maximum Gasteiger partial charge on any atom is 0.160 e. The Bertz CT molecular complexity index is 2750. The summed E-state index contributed by atoms with van der Waals surface area (Å²) >= 11 is 0. The van der Waals surface area contributed by atoms with Crippen LogP contribution in [0.5, 0.6) is 0 Å². The first-order valence-corrected chi connectivity index (χ1v) is 16.5. The van der Waals surface area contributed by atoms with Crippen LogP contribution < -0.4 is 0 Å². The number of fused-ring (bicyclic) bond motifs is 9. The number of para-hydroxylation sites is 2. The fraction of sp³-hybridized carbons (Fsp3) is 0.0667. The third kappa shape index (κ3) is 3.94. The van der Waals surface area contributed by atoms with E-state index in [-0.39, 0.29) is 5.41 Å². The molecule has 0 radical (unpaired) electrons. The van der Waals surface area contributed by atoms with Crippen LogP contribution in [0.4, 0.5) is 0 Å². The summed E-state index contributed by atoms with van der Waals surface area (Å²) in [5.41, 5.74) is 13.4. The lowest BCUT2D eigenvalue weighted by atomic mass is 9.82. The van der Waals surface area contributed by atoms with Gasteiger partial charge in [-0.2, -0.15) is 0 Å². The lowest BCUT2D eigenvalue weighted by Gasteiger charge is -2.21. The van der Waals surface area contributed by atoms with Crippen LogP contribution in [0.25, 0.3) is 88.5 Å². The summed E-state index contributed by atoms with van der Waals surface area (Å²) in [4.78, 5) is 10.3. The lowest BCUT2D eigenvalue weighted by molar-refractivity contribution is 0.660. The fourth-order valence-electron chi connectivity index (χ4n) is 7.78. The van der Waals surface area contributed by atoms with E-state index in [4.69, 9.17) is 14.4 Å². The first-order chi connectivity index (χ1) is 23.5. The standard InChI is InChI=1S/C45H30N2O/c1-45(2)38-12-6-3-9-33(38)34-23-21-31(26-39(34)45)44-46-40-13-7-4-11-37(40)42(47-44)28-17-15-27(16-18-28)29-19-22-32-30(25-29)20-24-36-35-10-5-8-14-41(35)48-43(32)36/h3-26H,1-2H3. The van der Waals surface area contributed by atoms with Crippen molar-refractivity contribution in [1.82, 2.24) is 9.97 Å². The third-order valence-electron chi connectivity index (χ3n) is 10.3. The van der Waals surface area contributed by atoms with E-state index in [0.717, 1.165) is 71.8 Å². The van der Waals surface area contributed by atoms with Crippen LogP contribution in [-0.4, -0.2) is 9.97 Å². The predicted molar refractivity (Wildman–Crippen MR) is 198 cm³/mol. The fourth-order valence-corrected chi connectivity index (χ4v) is 7.78. The Kier molecular flexibility index (Phi) is 5.63. The van der Waals surface area contributed by atoms with Gasteiger partial charge < -0.3 is 4.42 Å². The van der Waals surface area contributed by atoms with E-state index in [1.54, 1.807) is 0 Å². The Morgan fingerprint density at radius 3 is 2.06 bits per heavy atom. The van der Waals surface area contributed by atoms with E-state index in [1.807, 2.05) is 18.2 Å². The van der Waals surface area contributed by atoms with Gasteiger partial charge in [0.2, 0.25) is 0 Å². The number of rotatable bonds is 3. The van der Waals surface area contributed by atoms with Crippen LogP contribution in [0, 0.1) is 0 Å². The Balaban J connectivity index is 1.04. The quantitative estimate of drug-likeness (QED) is 0.199. The molecule has 0 spiro atoms. The zero-order valence-corrected chi connectivity index (χ0v) is 26.7. The van der Waals surface area contributed by atoms with Crippen molar-refractivity contribution >= 4 is 43.6 Å². The molecule has 10 rings (SSSR count). The summed E-state index contributed by atoms with van der Waals surface area (Å²) < 4.78 is 6.29. The molecule has 2 heterocycles. The summed E-state index contributed by atoms with van der Waals surface area (Å²) in [5, 5.41) is 5.64. The molecular weight excluding hydrogens is 585 g/mol. The smallest absolute Gasteiger partial charge is 0.160 e. The molecule has 0 N–H and O–H groups in total. The minimum atomic E-state index is -0.0850. The highest BCUT2D eigenvalue weighted by Crippen LogP contribution is 2.49. The van der Waals surface area contributed by atoms with Crippen molar-refractivity contribution in [2.45, 2.75) is 19.3 Å². The van der Waals surface area contributed by atoms with Gasteiger partial charge in [-0.25, -0.2) is 9.97 Å². The van der Waals surface area contributed by atoms with Crippen LogP contribution in [0.1, 0.15) is 25.0 Å². The minimum absolute atomic E-state index is 0.0850. The first kappa shape index (κ1) is 27.1. The van der Waals surface area contributed by atoms with E-state index in [0.29, 0.717) is 0 Å². The lowest BCUT2D eigenvalue weighted by Crippen LogP contribution is -2.15. The molecule has 3 heteroatoms. The molecule has 1 aliphatic carbocycles. The molecule has 48 heavy (non-hydrogen) atoms. The highest BCUT2D eigenvalue weighted by Gasteiger charge is 2.35. The Morgan fingerprint density at radius 1 is 0.479 bits per heavy atom. The Labute approximate surface area is 278 Å². The number of hydrogen-bond acceptors (Lipinski definition) is 3. The van der Waals surface area contributed by atoms with Crippen molar-refractivity contribution in [3.63, 3.8) is 0 Å². The molecule has 1 aliphatic rings. The summed E-state index contributed by atoms with van der Waals surface area (Å²) in [6, 6.07) is 51.8. The van der Waals surface area contributed by atoms with Crippen LogP contribution in [0.2, 0.25) is 0 Å². The summed E-state index contributed by atoms with van der Waals surface area (Å²) in [5.74, 6) is 0.744. The van der Waals surface area contributed by atoms with Gasteiger partial charge in [0, 0.05) is 38.1 Å². The first-order valence-electron chi connectivity index (χ1n) is 16.5. The number of aromatic nitrogens is 2. The molecule has 3 nitrogen and oxygen atoms in total. The number of nitrogens with zero attached hydrogens (tertiary/aromatic N) is 2. The van der Waals surface area contributed by atoms with Crippen molar-refractivity contribution in [3.8, 4) is 44.9 Å². The summed E-state index contributed by atoms with van der Waals surface area (Å²) in [6.07, 6.45) is 0. The average Bonchev–Trinajstić information content (AvgIpc) is 3.63. The van der Waals surface area contributed by atoms with Gasteiger partial charge in [-0.1, -0.05) is 123 Å². The zero-order valence-electron chi connectivity index (χ0n) is 26.7. The van der Waals surface area contributed by atoms with Crippen LogP contribution in [0.15, 0.2) is 150 Å². The van der Waals surface area contributed by atoms with E-state index >= 15 is 0 Å². The molecule has 0 aliphatic heterocycles. The van der Waals surface area contributed by atoms with Crippen molar-refractivity contribution in [1.29, 1.82) is 0 Å². The van der Waals surface area contributed by atoms with E-state index in [1.165, 1.54) is 27.8 Å². The molecule has 0 fully saturated rings. The molecule has 9 aromatic rings. The highest BCUT2D eigenvalue weighted by molar-refractivity contribution is 6.15. The van der Waals surface area contributed by atoms with Gasteiger partial charge in [-0.3, -0.25) is 0 Å². The van der Waals surface area contributed by atoms with Crippen molar-refractivity contribution in [3.05, 3.63) is 157 Å². The molecular formula is C45H30N2O. The maximum absolute atomic E-state index is 6.29. The van der Waals surface area contributed by atoms with Gasteiger partial charge in [-0.05, 0) is 75.2 Å². The molecule has 226 valence electrons. The predicted octanol–water partition coefficient (Wildman–Crippen LogP) is 12.0. The van der Waals surface area contributed by atoms with Gasteiger partial charge in [0.25, 0.3) is 0 Å². The minimum Gasteiger partial charge on any atom is -0.455 e. The number of hydrogen-bond donors (Lipinski definition) is 0. The van der Waals surface area contributed by atoms with Gasteiger partial charge in [0.05, 0.1) is 11.2 Å². The molecule has 7 aromatic carbocycles. The van der Waals surface area contributed by atoms with Gasteiger partial charge in [0.1, 0.15) is 11.2 Å². The van der Waals surface area contributed by atoms with Crippen LogP contribution >= 0.6 is 0 Å². The van der Waals surface area contributed by atoms with Gasteiger partial charge in [-0.15, -0.1) is 0 Å². The molecule has 0 unspecified atom stereocenters. The van der Waals surface area contributed by atoms with E-state index < -0.39 is 0 Å². The molecule has 0 saturated heterocycles. The molecule has 0 atom stereocenters. The SMILES string of the molecule is CC1(C)c2ccccc2-c2ccc(-c3nc(-c4ccc(-c5ccc6c(ccc7c8ccccc8oc67)c5)cc4)c4ccccc4n3)cc21. The number of furan rings is 1. The largest absolute Gasteiger partial charge is 0.455 e. The summed E-state index contributed by atoms with van der Waals surface area (Å²) in [6.45, 7) is 4.62. The second-order valence-corrected chi connectivity index (χ2v) is 13.4. The van der Waals surface area contributed by atoms with Crippen LogP contribution in [-0.2, 0) is 5.41 Å². The average molecular weight is 615 g/mol. The van der Waals surface area contributed by atoms with Crippen molar-refractivity contribution < 1.29 is 4.42 Å². The second-order valence-electron chi connectivity index (χ2n) is 13.4. The zero-order chi connectivity index (χ0) is 32.0. The van der Waals surface area contributed by atoms with Gasteiger partial charge in [0.15, 0.2) is 5.82 Å². The highest BCUT2D eigenvalue weighted by atomic mass is 16.3. The Hall–Kier alpha value is -6.06. The van der Waals surface area contributed by atoms with Crippen LogP contribution in [0.3, 0.4) is 0 Å². The molecule has 0 amide bonds.